The molecule has 0 bridgehead atoms. The second-order valence-electron chi connectivity index (χ2n) is 7.24. The SMILES string of the molecule is CCCC/C=C\CCOC(OCC/C=C\CCCC)C(C)(C)C. The second kappa shape index (κ2) is 15.0. The number of allylic oxidation sites excluding steroid dienone is 2. The molecule has 0 N–H and O–H groups in total. The molecule has 0 unspecified atom stereocenters. The topological polar surface area (TPSA) is 18.5 Å². The molecule has 0 heterocycles. The Balaban J connectivity index is 3.90. The van der Waals surface area contributed by atoms with Crippen LogP contribution in [-0.2, 0) is 9.47 Å². The molecule has 0 spiro atoms. The summed E-state index contributed by atoms with van der Waals surface area (Å²) < 4.78 is 11.9. The molecule has 2 heteroatoms. The maximum atomic E-state index is 5.96. The minimum atomic E-state index is -0.129. The van der Waals surface area contributed by atoms with Gasteiger partial charge in [0.05, 0.1) is 13.2 Å². The van der Waals surface area contributed by atoms with Crippen LogP contribution in [0.15, 0.2) is 24.3 Å². The minimum Gasteiger partial charge on any atom is -0.352 e. The van der Waals surface area contributed by atoms with Crippen LogP contribution in [0.4, 0.5) is 0 Å². The van der Waals surface area contributed by atoms with Crippen LogP contribution in [0.2, 0.25) is 0 Å². The van der Waals surface area contributed by atoms with Crippen molar-refractivity contribution in [2.75, 3.05) is 13.2 Å². The van der Waals surface area contributed by atoms with Crippen LogP contribution >= 0.6 is 0 Å². The van der Waals surface area contributed by atoms with Gasteiger partial charge in [-0.25, -0.2) is 0 Å². The van der Waals surface area contributed by atoms with Crippen LogP contribution < -0.4 is 0 Å². The predicted octanol–water partition coefficient (Wildman–Crippen LogP) is 6.66. The third-order valence-corrected chi connectivity index (χ3v) is 3.60. The van der Waals surface area contributed by atoms with Gasteiger partial charge in [0.2, 0.25) is 0 Å². The van der Waals surface area contributed by atoms with Gasteiger partial charge in [-0.2, -0.15) is 0 Å². The Labute approximate surface area is 145 Å². The molecule has 0 rings (SSSR count). The third kappa shape index (κ3) is 14.7. The van der Waals surface area contributed by atoms with Crippen LogP contribution in [0.25, 0.3) is 0 Å². The smallest absolute Gasteiger partial charge is 0.162 e. The first-order valence-electron chi connectivity index (χ1n) is 9.55. The first kappa shape index (κ1) is 22.4. The Hall–Kier alpha value is -0.600. The maximum absolute atomic E-state index is 5.96. The molecule has 0 radical (unpaired) electrons. The molecule has 0 fully saturated rings. The average Bonchev–Trinajstić information content (AvgIpc) is 2.50. The van der Waals surface area contributed by atoms with Crippen molar-refractivity contribution in [1.82, 2.24) is 0 Å². The summed E-state index contributed by atoms with van der Waals surface area (Å²) in [7, 11) is 0. The van der Waals surface area contributed by atoms with Crippen LogP contribution in [0, 0.1) is 5.41 Å². The van der Waals surface area contributed by atoms with Gasteiger partial charge in [0.15, 0.2) is 6.29 Å². The van der Waals surface area contributed by atoms with E-state index in [2.05, 4.69) is 58.9 Å². The molecule has 0 atom stereocenters. The van der Waals surface area contributed by atoms with Gasteiger partial charge in [0, 0.05) is 5.41 Å². The van der Waals surface area contributed by atoms with Gasteiger partial charge in [0.1, 0.15) is 0 Å². The van der Waals surface area contributed by atoms with E-state index in [4.69, 9.17) is 9.47 Å². The van der Waals surface area contributed by atoms with Crippen molar-refractivity contribution in [1.29, 1.82) is 0 Å². The van der Waals surface area contributed by atoms with Crippen molar-refractivity contribution in [2.45, 2.75) is 92.3 Å². The number of hydrogen-bond donors (Lipinski definition) is 0. The van der Waals surface area contributed by atoms with Crippen LogP contribution in [0.1, 0.15) is 86.0 Å². The zero-order valence-electron chi connectivity index (χ0n) is 16.3. The van der Waals surface area contributed by atoms with E-state index in [1.54, 1.807) is 0 Å². The normalized spacial score (nSPS) is 13.0. The van der Waals surface area contributed by atoms with Gasteiger partial charge < -0.3 is 9.47 Å². The maximum Gasteiger partial charge on any atom is 0.162 e. The Bertz CT molecular complexity index is 275. The molecule has 0 aromatic rings. The number of hydrogen-bond acceptors (Lipinski definition) is 2. The molecule has 0 aliphatic rings. The van der Waals surface area contributed by atoms with Gasteiger partial charge in [-0.05, 0) is 25.7 Å². The van der Waals surface area contributed by atoms with E-state index in [-0.39, 0.29) is 11.7 Å². The minimum absolute atomic E-state index is 0.0118. The molecule has 0 aliphatic heterocycles. The second-order valence-corrected chi connectivity index (χ2v) is 7.24. The van der Waals surface area contributed by atoms with E-state index in [0.29, 0.717) is 0 Å². The van der Waals surface area contributed by atoms with Crippen LogP contribution in [-0.4, -0.2) is 19.5 Å². The predicted molar refractivity (Wildman–Crippen MR) is 102 cm³/mol. The van der Waals surface area contributed by atoms with E-state index in [9.17, 15) is 0 Å². The summed E-state index contributed by atoms with van der Waals surface area (Å²) in [6.07, 6.45) is 18.2. The number of rotatable bonds is 14. The Kier molecular flexibility index (Phi) is 14.6. The quantitative estimate of drug-likeness (QED) is 0.202. The van der Waals surface area contributed by atoms with E-state index in [0.717, 1.165) is 26.1 Å². The zero-order chi connectivity index (χ0) is 17.4. The van der Waals surface area contributed by atoms with E-state index in [1.807, 2.05) is 0 Å². The van der Waals surface area contributed by atoms with Crippen molar-refractivity contribution in [2.24, 2.45) is 5.41 Å². The summed E-state index contributed by atoms with van der Waals surface area (Å²) >= 11 is 0. The molecule has 0 saturated carbocycles. The highest BCUT2D eigenvalue weighted by Gasteiger charge is 2.25. The van der Waals surface area contributed by atoms with Gasteiger partial charge in [-0.3, -0.25) is 0 Å². The fourth-order valence-electron chi connectivity index (χ4n) is 2.15. The van der Waals surface area contributed by atoms with Gasteiger partial charge >= 0.3 is 0 Å². The summed E-state index contributed by atoms with van der Waals surface area (Å²) in [6, 6.07) is 0. The lowest BCUT2D eigenvalue weighted by Gasteiger charge is -2.30. The van der Waals surface area contributed by atoms with E-state index in [1.165, 1.54) is 38.5 Å². The van der Waals surface area contributed by atoms with Crippen LogP contribution in [0.5, 0.6) is 0 Å². The molecular formula is C21H40O2. The summed E-state index contributed by atoms with van der Waals surface area (Å²) in [6.45, 7) is 12.4. The summed E-state index contributed by atoms with van der Waals surface area (Å²) in [5, 5.41) is 0. The van der Waals surface area contributed by atoms with Gasteiger partial charge in [-0.1, -0.05) is 84.6 Å². The Morgan fingerprint density at radius 3 is 1.43 bits per heavy atom. The molecule has 0 saturated heterocycles. The molecule has 0 amide bonds. The standard InChI is InChI=1S/C21H40O2/c1-6-8-10-12-14-16-18-22-20(21(3,4)5)23-19-17-15-13-11-9-7-2/h12-15,20H,6-11,16-19H2,1-5H3/b14-12-,15-13-. The molecule has 23 heavy (non-hydrogen) atoms. The first-order valence-corrected chi connectivity index (χ1v) is 9.55. The Morgan fingerprint density at radius 2 is 1.09 bits per heavy atom. The molecule has 0 aliphatic carbocycles. The van der Waals surface area contributed by atoms with Gasteiger partial charge in [-0.15, -0.1) is 0 Å². The third-order valence-electron chi connectivity index (χ3n) is 3.60. The van der Waals surface area contributed by atoms with Crippen LogP contribution in [0.3, 0.4) is 0 Å². The number of unbranched alkanes of at least 4 members (excludes halogenated alkanes) is 4. The lowest BCUT2D eigenvalue weighted by molar-refractivity contribution is -0.192. The molecule has 0 aromatic carbocycles. The fraction of sp³-hybridized carbons (Fsp3) is 0.810. The van der Waals surface area contributed by atoms with E-state index >= 15 is 0 Å². The molecule has 2 nitrogen and oxygen atoms in total. The van der Waals surface area contributed by atoms with Crippen molar-refractivity contribution in [3.05, 3.63) is 24.3 Å². The highest BCUT2D eigenvalue weighted by molar-refractivity contribution is 4.82. The van der Waals surface area contributed by atoms with E-state index < -0.39 is 0 Å². The summed E-state index contributed by atoms with van der Waals surface area (Å²) in [5.74, 6) is 0. The highest BCUT2D eigenvalue weighted by atomic mass is 16.7. The van der Waals surface area contributed by atoms with Crippen molar-refractivity contribution in [3.63, 3.8) is 0 Å². The average molecular weight is 325 g/mol. The lowest BCUT2D eigenvalue weighted by atomic mass is 9.96. The molecule has 136 valence electrons. The van der Waals surface area contributed by atoms with Crippen molar-refractivity contribution >= 4 is 0 Å². The van der Waals surface area contributed by atoms with Crippen molar-refractivity contribution < 1.29 is 9.47 Å². The Morgan fingerprint density at radius 1 is 0.696 bits per heavy atom. The number of ether oxygens (including phenoxy) is 2. The first-order chi connectivity index (χ1) is 11.0. The zero-order valence-corrected chi connectivity index (χ0v) is 16.3. The highest BCUT2D eigenvalue weighted by Crippen LogP contribution is 2.23. The largest absolute Gasteiger partial charge is 0.352 e. The fourth-order valence-corrected chi connectivity index (χ4v) is 2.15. The molecular weight excluding hydrogens is 284 g/mol. The summed E-state index contributed by atoms with van der Waals surface area (Å²) in [5.41, 5.74) is 0.0118. The van der Waals surface area contributed by atoms with Gasteiger partial charge in [0.25, 0.3) is 0 Å². The summed E-state index contributed by atoms with van der Waals surface area (Å²) in [4.78, 5) is 0. The monoisotopic (exact) mass is 324 g/mol. The van der Waals surface area contributed by atoms with Crippen molar-refractivity contribution in [3.8, 4) is 0 Å². The lowest BCUT2D eigenvalue weighted by Crippen LogP contribution is -2.32. The molecule has 0 aromatic heterocycles.